The van der Waals surface area contributed by atoms with E-state index in [1.165, 1.54) is 0 Å². The van der Waals surface area contributed by atoms with Crippen LogP contribution in [0.3, 0.4) is 0 Å². The molecular weight excluding hydrogens is 253 g/mol. The van der Waals surface area contributed by atoms with Gasteiger partial charge in [0, 0.05) is 10.9 Å². The van der Waals surface area contributed by atoms with Crippen LogP contribution in [0, 0.1) is 0 Å². The predicted octanol–water partition coefficient (Wildman–Crippen LogP) is 2.79. The highest BCUT2D eigenvalue weighted by molar-refractivity contribution is 9.11. The standard InChI is InChI=1S/C6H4BrCl2NO/c7-3-1-2-4(8)10-5(3)6(9)11/h1-2H2. The molecule has 0 aliphatic carbocycles. The van der Waals surface area contributed by atoms with E-state index in [2.05, 4.69) is 20.9 Å². The Bertz CT molecular complexity index is 259. The van der Waals surface area contributed by atoms with Crippen molar-refractivity contribution in [1.82, 2.24) is 0 Å². The van der Waals surface area contributed by atoms with E-state index in [0.717, 1.165) is 4.48 Å². The fourth-order valence-electron chi connectivity index (χ4n) is 0.720. The van der Waals surface area contributed by atoms with E-state index in [1.54, 1.807) is 0 Å². The van der Waals surface area contributed by atoms with E-state index in [4.69, 9.17) is 23.2 Å². The van der Waals surface area contributed by atoms with Crippen LogP contribution in [0.2, 0.25) is 0 Å². The lowest BCUT2D eigenvalue weighted by atomic mass is 10.2. The third kappa shape index (κ3) is 2.29. The summed E-state index contributed by atoms with van der Waals surface area (Å²) in [6.45, 7) is 0. The molecule has 60 valence electrons. The van der Waals surface area contributed by atoms with Gasteiger partial charge in [0.15, 0.2) is 0 Å². The SMILES string of the molecule is O=C(Cl)C1=C(Br)CCC(Cl)=N1. The summed E-state index contributed by atoms with van der Waals surface area (Å²) in [6, 6.07) is 0. The Morgan fingerprint density at radius 1 is 1.55 bits per heavy atom. The molecule has 0 unspecified atom stereocenters. The van der Waals surface area contributed by atoms with Gasteiger partial charge in [-0.25, -0.2) is 4.99 Å². The zero-order chi connectivity index (χ0) is 8.43. The van der Waals surface area contributed by atoms with Crippen molar-refractivity contribution >= 4 is 49.5 Å². The summed E-state index contributed by atoms with van der Waals surface area (Å²) in [6.07, 6.45) is 1.35. The van der Waals surface area contributed by atoms with Gasteiger partial charge in [0.2, 0.25) is 0 Å². The van der Waals surface area contributed by atoms with Gasteiger partial charge in [0.1, 0.15) is 10.9 Å². The summed E-state index contributed by atoms with van der Waals surface area (Å²) in [5.74, 6) is 0. The van der Waals surface area contributed by atoms with E-state index in [9.17, 15) is 4.79 Å². The number of hydrogen-bond donors (Lipinski definition) is 0. The maximum atomic E-state index is 10.7. The largest absolute Gasteiger partial charge is 0.274 e. The average Bonchev–Trinajstić information content (AvgIpc) is 1.94. The number of rotatable bonds is 1. The molecule has 1 heterocycles. The first-order valence-corrected chi connectivity index (χ1v) is 4.47. The first-order valence-electron chi connectivity index (χ1n) is 2.93. The van der Waals surface area contributed by atoms with Gasteiger partial charge in [-0.05, 0) is 18.0 Å². The molecule has 0 saturated heterocycles. The third-order valence-corrected chi connectivity index (χ3v) is 2.45. The second-order valence-corrected chi connectivity index (χ2v) is 3.75. The van der Waals surface area contributed by atoms with E-state index in [1.807, 2.05) is 0 Å². The van der Waals surface area contributed by atoms with Crippen molar-refractivity contribution in [3.05, 3.63) is 10.2 Å². The van der Waals surface area contributed by atoms with Crippen molar-refractivity contribution in [2.24, 2.45) is 4.99 Å². The average molecular weight is 257 g/mol. The molecule has 0 aromatic heterocycles. The molecular formula is C6H4BrCl2NO. The highest BCUT2D eigenvalue weighted by Crippen LogP contribution is 2.26. The Hall–Kier alpha value is 0.140. The summed E-state index contributed by atoms with van der Waals surface area (Å²) in [7, 11) is 0. The Kier molecular flexibility index (Phi) is 3.10. The van der Waals surface area contributed by atoms with Crippen LogP contribution in [0.25, 0.3) is 0 Å². The van der Waals surface area contributed by atoms with E-state index < -0.39 is 5.24 Å². The van der Waals surface area contributed by atoms with Crippen molar-refractivity contribution in [1.29, 1.82) is 0 Å². The van der Waals surface area contributed by atoms with Crippen molar-refractivity contribution < 1.29 is 4.79 Å². The van der Waals surface area contributed by atoms with Crippen LogP contribution in [-0.4, -0.2) is 10.4 Å². The molecule has 0 radical (unpaired) electrons. The van der Waals surface area contributed by atoms with Crippen molar-refractivity contribution in [3.63, 3.8) is 0 Å². The lowest BCUT2D eigenvalue weighted by molar-refractivity contribution is -0.108. The summed E-state index contributed by atoms with van der Waals surface area (Å²) >= 11 is 14.0. The number of aliphatic imine (C=N–C) groups is 1. The van der Waals surface area contributed by atoms with Crippen LogP contribution in [0.4, 0.5) is 0 Å². The molecule has 0 saturated carbocycles. The smallest absolute Gasteiger partial charge is 0.271 e. The van der Waals surface area contributed by atoms with Gasteiger partial charge in [0.25, 0.3) is 5.24 Å². The number of allylic oxidation sites excluding steroid dienone is 2. The molecule has 1 rings (SSSR count). The molecule has 2 nitrogen and oxygen atoms in total. The summed E-state index contributed by atoms with van der Waals surface area (Å²) in [5.41, 5.74) is 0.225. The Labute approximate surface area is 82.4 Å². The van der Waals surface area contributed by atoms with Crippen molar-refractivity contribution in [2.75, 3.05) is 0 Å². The molecule has 0 aromatic rings. The number of nitrogens with zero attached hydrogens (tertiary/aromatic N) is 1. The maximum absolute atomic E-state index is 10.7. The molecule has 0 atom stereocenters. The third-order valence-electron chi connectivity index (χ3n) is 1.23. The predicted molar refractivity (Wildman–Crippen MR) is 49.3 cm³/mol. The summed E-state index contributed by atoms with van der Waals surface area (Å²) in [5, 5.41) is -0.146. The molecule has 0 aromatic carbocycles. The quantitative estimate of drug-likeness (QED) is 0.664. The second kappa shape index (κ2) is 3.70. The van der Waals surface area contributed by atoms with E-state index in [-0.39, 0.29) is 5.70 Å². The second-order valence-electron chi connectivity index (χ2n) is 2.02. The van der Waals surface area contributed by atoms with Crippen molar-refractivity contribution in [3.8, 4) is 0 Å². The van der Waals surface area contributed by atoms with E-state index in [0.29, 0.717) is 18.0 Å². The Balaban J connectivity index is 2.98. The minimum absolute atomic E-state index is 0.225. The zero-order valence-corrected chi connectivity index (χ0v) is 8.50. The molecule has 11 heavy (non-hydrogen) atoms. The highest BCUT2D eigenvalue weighted by atomic mass is 79.9. The minimum Gasteiger partial charge on any atom is -0.274 e. The van der Waals surface area contributed by atoms with Gasteiger partial charge in [-0.3, -0.25) is 4.79 Å². The van der Waals surface area contributed by atoms with Crippen LogP contribution in [0.15, 0.2) is 15.2 Å². The van der Waals surface area contributed by atoms with Gasteiger partial charge < -0.3 is 0 Å². The molecule has 0 amide bonds. The number of carbonyl (C=O) groups excluding carboxylic acids is 1. The monoisotopic (exact) mass is 255 g/mol. The van der Waals surface area contributed by atoms with Gasteiger partial charge in [-0.2, -0.15) is 0 Å². The van der Waals surface area contributed by atoms with E-state index >= 15 is 0 Å². The van der Waals surface area contributed by atoms with Crippen LogP contribution < -0.4 is 0 Å². The van der Waals surface area contributed by atoms with Crippen LogP contribution in [-0.2, 0) is 4.79 Å². The molecule has 1 aliphatic heterocycles. The summed E-state index contributed by atoms with van der Waals surface area (Å²) < 4.78 is 0.724. The van der Waals surface area contributed by atoms with Gasteiger partial charge >= 0.3 is 0 Å². The van der Waals surface area contributed by atoms with Gasteiger partial charge in [0.05, 0.1) is 0 Å². The maximum Gasteiger partial charge on any atom is 0.271 e. The lowest BCUT2D eigenvalue weighted by Crippen LogP contribution is -2.03. The first-order chi connectivity index (χ1) is 5.11. The lowest BCUT2D eigenvalue weighted by Gasteiger charge is -2.08. The molecule has 5 heteroatoms. The molecule has 0 fully saturated rings. The van der Waals surface area contributed by atoms with Gasteiger partial charge in [-0.15, -0.1) is 0 Å². The molecule has 0 bridgehead atoms. The molecule has 0 N–H and O–H groups in total. The number of halogens is 3. The fourth-order valence-corrected chi connectivity index (χ4v) is 1.64. The van der Waals surface area contributed by atoms with Crippen LogP contribution in [0.5, 0.6) is 0 Å². The number of carbonyl (C=O) groups is 1. The topological polar surface area (TPSA) is 29.4 Å². The summed E-state index contributed by atoms with van der Waals surface area (Å²) in [4.78, 5) is 14.5. The number of hydrogen-bond acceptors (Lipinski definition) is 2. The zero-order valence-electron chi connectivity index (χ0n) is 5.40. The molecule has 1 aliphatic rings. The molecule has 0 spiro atoms. The highest BCUT2D eigenvalue weighted by Gasteiger charge is 2.16. The van der Waals surface area contributed by atoms with Crippen molar-refractivity contribution in [2.45, 2.75) is 12.8 Å². The first kappa shape index (κ1) is 9.23. The normalized spacial score (nSPS) is 18.3. The van der Waals surface area contributed by atoms with Crippen LogP contribution in [0.1, 0.15) is 12.8 Å². The van der Waals surface area contributed by atoms with Crippen LogP contribution >= 0.6 is 39.1 Å². The Morgan fingerprint density at radius 3 is 2.64 bits per heavy atom. The fraction of sp³-hybridized carbons (Fsp3) is 0.333. The Morgan fingerprint density at radius 2 is 2.18 bits per heavy atom. The minimum atomic E-state index is -0.574. The van der Waals surface area contributed by atoms with Gasteiger partial charge in [-0.1, -0.05) is 27.5 Å².